The Morgan fingerprint density at radius 1 is 1.11 bits per heavy atom. The summed E-state index contributed by atoms with van der Waals surface area (Å²) in [5.41, 5.74) is 3.83. The number of halogens is 1. The average molecular weight is 519 g/mol. The number of aliphatic hydroxyl groups is 1. The van der Waals surface area contributed by atoms with Gasteiger partial charge in [-0.3, -0.25) is 14.5 Å². The third kappa shape index (κ3) is 4.14. The van der Waals surface area contributed by atoms with Gasteiger partial charge in [-0.25, -0.2) is 4.98 Å². The first-order valence-electron chi connectivity index (χ1n) is 11.5. The van der Waals surface area contributed by atoms with Gasteiger partial charge in [0.25, 0.3) is 5.78 Å². The molecule has 0 spiro atoms. The number of amides is 1. The number of hydrogen-bond acceptors (Lipinski definition) is 6. The Bertz CT molecular complexity index is 1540. The number of thiazole rings is 1. The minimum absolute atomic E-state index is 0.0152. The van der Waals surface area contributed by atoms with Crippen molar-refractivity contribution in [2.45, 2.75) is 26.8 Å². The van der Waals surface area contributed by atoms with Crippen molar-refractivity contribution in [2.75, 3.05) is 11.5 Å². The summed E-state index contributed by atoms with van der Waals surface area (Å²) in [6.07, 6.45) is 0. The quantitative estimate of drug-likeness (QED) is 0.183. The van der Waals surface area contributed by atoms with E-state index in [1.165, 1.54) is 16.2 Å². The molecule has 0 aliphatic carbocycles. The Hall–Kier alpha value is -3.68. The second-order valence-corrected chi connectivity index (χ2v) is 10.1. The highest BCUT2D eigenvalue weighted by molar-refractivity contribution is 7.22. The van der Waals surface area contributed by atoms with E-state index in [-0.39, 0.29) is 11.3 Å². The summed E-state index contributed by atoms with van der Waals surface area (Å²) >= 11 is 7.63. The molecule has 182 valence electrons. The van der Waals surface area contributed by atoms with Crippen LogP contribution >= 0.6 is 22.9 Å². The molecule has 6 nitrogen and oxygen atoms in total. The van der Waals surface area contributed by atoms with Crippen molar-refractivity contribution in [1.29, 1.82) is 0 Å². The summed E-state index contributed by atoms with van der Waals surface area (Å²) in [4.78, 5) is 32.9. The van der Waals surface area contributed by atoms with Crippen LogP contribution in [0.2, 0.25) is 5.02 Å². The number of hydrogen-bond donors (Lipinski definition) is 1. The van der Waals surface area contributed by atoms with Crippen LogP contribution in [-0.4, -0.2) is 28.4 Å². The molecule has 5 rings (SSSR count). The van der Waals surface area contributed by atoms with Crippen LogP contribution in [0.5, 0.6) is 5.75 Å². The number of carbonyl (C=O) groups excluding carboxylic acids is 2. The van der Waals surface area contributed by atoms with Gasteiger partial charge in [0.15, 0.2) is 5.13 Å². The number of nitrogens with zero attached hydrogens (tertiary/aromatic N) is 2. The van der Waals surface area contributed by atoms with Crippen molar-refractivity contribution in [3.05, 3.63) is 93.5 Å². The average Bonchev–Trinajstić information content (AvgIpc) is 3.38. The predicted molar refractivity (Wildman–Crippen MR) is 143 cm³/mol. The number of fused-ring (bicyclic) bond motifs is 1. The van der Waals surface area contributed by atoms with E-state index in [0.717, 1.165) is 21.3 Å². The van der Waals surface area contributed by atoms with Crippen LogP contribution in [0.15, 0.2) is 66.2 Å². The van der Waals surface area contributed by atoms with Crippen molar-refractivity contribution in [3.63, 3.8) is 0 Å². The van der Waals surface area contributed by atoms with Crippen LogP contribution < -0.4 is 9.64 Å². The third-order valence-corrected chi connectivity index (χ3v) is 7.31. The topological polar surface area (TPSA) is 79.7 Å². The molecule has 0 unspecified atom stereocenters. The van der Waals surface area contributed by atoms with Crippen LogP contribution in [0, 0.1) is 13.8 Å². The van der Waals surface area contributed by atoms with Crippen LogP contribution in [0.3, 0.4) is 0 Å². The fourth-order valence-corrected chi connectivity index (χ4v) is 5.88. The maximum Gasteiger partial charge on any atom is 0.301 e. The van der Waals surface area contributed by atoms with Crippen LogP contribution in [0.4, 0.5) is 5.13 Å². The van der Waals surface area contributed by atoms with Gasteiger partial charge < -0.3 is 9.84 Å². The van der Waals surface area contributed by atoms with Gasteiger partial charge in [0, 0.05) is 10.6 Å². The lowest BCUT2D eigenvalue weighted by molar-refractivity contribution is -0.132. The molecule has 3 aromatic carbocycles. The number of ketones is 1. The van der Waals surface area contributed by atoms with Gasteiger partial charge in [0.05, 0.1) is 28.4 Å². The van der Waals surface area contributed by atoms with Crippen molar-refractivity contribution >= 4 is 55.7 Å². The van der Waals surface area contributed by atoms with Gasteiger partial charge in [0.2, 0.25) is 0 Å². The molecule has 0 saturated carbocycles. The second kappa shape index (κ2) is 9.41. The number of ether oxygens (including phenoxy) is 1. The molecule has 0 bridgehead atoms. The van der Waals surface area contributed by atoms with Gasteiger partial charge in [0.1, 0.15) is 11.5 Å². The van der Waals surface area contributed by atoms with Crippen molar-refractivity contribution in [1.82, 2.24) is 4.98 Å². The minimum Gasteiger partial charge on any atom is -0.507 e. The largest absolute Gasteiger partial charge is 0.507 e. The Labute approximate surface area is 217 Å². The molecule has 1 aliphatic heterocycles. The molecule has 1 amide bonds. The van der Waals surface area contributed by atoms with Crippen molar-refractivity contribution in [2.24, 2.45) is 0 Å². The highest BCUT2D eigenvalue weighted by Gasteiger charge is 2.48. The van der Waals surface area contributed by atoms with E-state index >= 15 is 0 Å². The summed E-state index contributed by atoms with van der Waals surface area (Å²) in [5.74, 6) is -1.16. The lowest BCUT2D eigenvalue weighted by atomic mass is 9.95. The Morgan fingerprint density at radius 2 is 1.86 bits per heavy atom. The van der Waals surface area contributed by atoms with E-state index in [0.29, 0.717) is 33.6 Å². The number of rotatable bonds is 5. The van der Waals surface area contributed by atoms with E-state index in [1.54, 1.807) is 48.5 Å². The van der Waals surface area contributed by atoms with E-state index in [2.05, 4.69) is 0 Å². The molecule has 0 radical (unpaired) electrons. The maximum absolute atomic E-state index is 13.4. The zero-order chi connectivity index (χ0) is 25.6. The normalized spacial score (nSPS) is 17.2. The first-order chi connectivity index (χ1) is 17.3. The molecule has 1 atom stereocenters. The third-order valence-electron chi connectivity index (χ3n) is 6.07. The Morgan fingerprint density at radius 3 is 2.56 bits per heavy atom. The lowest BCUT2D eigenvalue weighted by Gasteiger charge is -2.23. The highest BCUT2D eigenvalue weighted by atomic mass is 35.5. The number of carbonyl (C=O) groups is 2. The van der Waals surface area contributed by atoms with Crippen LogP contribution in [-0.2, 0) is 9.59 Å². The molecular formula is C28H23ClN2O4S. The molecule has 1 fully saturated rings. The Kier molecular flexibility index (Phi) is 6.28. The van der Waals surface area contributed by atoms with E-state index in [4.69, 9.17) is 21.3 Å². The number of aliphatic hydroxyl groups excluding tert-OH is 1. The zero-order valence-electron chi connectivity index (χ0n) is 19.9. The monoisotopic (exact) mass is 518 g/mol. The predicted octanol–water partition coefficient (Wildman–Crippen LogP) is 6.59. The van der Waals surface area contributed by atoms with E-state index < -0.39 is 17.7 Å². The Balaban J connectivity index is 1.70. The zero-order valence-corrected chi connectivity index (χ0v) is 21.5. The number of Topliss-reactive ketones (excluding diaryl/α,β-unsaturated/α-hetero) is 1. The van der Waals surface area contributed by atoms with Crippen molar-refractivity contribution < 1.29 is 19.4 Å². The summed E-state index contributed by atoms with van der Waals surface area (Å²) < 4.78 is 6.40. The number of benzene rings is 3. The summed E-state index contributed by atoms with van der Waals surface area (Å²) in [6, 6.07) is 16.8. The molecule has 4 aromatic rings. The summed E-state index contributed by atoms with van der Waals surface area (Å²) in [7, 11) is 0. The summed E-state index contributed by atoms with van der Waals surface area (Å²) in [5, 5.41) is 12.1. The van der Waals surface area contributed by atoms with Gasteiger partial charge >= 0.3 is 5.91 Å². The fraction of sp³-hybridized carbons (Fsp3) is 0.179. The summed E-state index contributed by atoms with van der Waals surface area (Å²) in [6.45, 7) is 6.35. The van der Waals surface area contributed by atoms with Gasteiger partial charge in [-0.05, 0) is 79.9 Å². The van der Waals surface area contributed by atoms with Crippen LogP contribution in [0.25, 0.3) is 16.0 Å². The van der Waals surface area contributed by atoms with E-state index in [9.17, 15) is 14.7 Å². The standard InChI is InChI=1S/C28H23ClN2O4S/c1-4-35-20-10-8-17(9-11-20)25(32)22-24(18-6-5-7-19(29)14-18)31(27(34)26(22)33)28-30-23-16(3)12-15(2)13-21(23)36-28/h5-14,24,32H,4H2,1-3H3/b25-22+/t24-/m0/s1. The molecule has 1 N–H and O–H groups in total. The molecule has 2 heterocycles. The van der Waals surface area contributed by atoms with E-state index in [1.807, 2.05) is 32.9 Å². The van der Waals surface area contributed by atoms with Gasteiger partial charge in [-0.15, -0.1) is 0 Å². The SMILES string of the molecule is CCOc1ccc(/C(O)=C2\C(=O)C(=O)N(c3nc4c(C)cc(C)cc4s3)[C@H]2c2cccc(Cl)c2)cc1. The molecular weight excluding hydrogens is 496 g/mol. The number of aromatic nitrogens is 1. The molecule has 1 saturated heterocycles. The fourth-order valence-electron chi connectivity index (χ4n) is 4.52. The molecule has 8 heteroatoms. The molecule has 36 heavy (non-hydrogen) atoms. The second-order valence-electron chi connectivity index (χ2n) is 8.61. The number of anilines is 1. The van der Waals surface area contributed by atoms with Crippen molar-refractivity contribution in [3.8, 4) is 5.75 Å². The molecule has 1 aromatic heterocycles. The first-order valence-corrected chi connectivity index (χ1v) is 12.7. The first kappa shape index (κ1) is 24.0. The number of aryl methyl sites for hydroxylation is 2. The minimum atomic E-state index is -0.891. The highest BCUT2D eigenvalue weighted by Crippen LogP contribution is 2.45. The smallest absolute Gasteiger partial charge is 0.301 e. The molecule has 1 aliphatic rings. The van der Waals surface area contributed by atoms with Gasteiger partial charge in [-0.1, -0.05) is 41.1 Å². The maximum atomic E-state index is 13.4. The lowest BCUT2D eigenvalue weighted by Crippen LogP contribution is -2.29. The van der Waals surface area contributed by atoms with Crippen LogP contribution in [0.1, 0.15) is 35.2 Å². The van der Waals surface area contributed by atoms with Gasteiger partial charge in [-0.2, -0.15) is 0 Å².